The third-order valence-corrected chi connectivity index (χ3v) is 5.86. The standard InChI is InChI=1S/C22H22N6/c23-21-17-13-15(7-8-19(17)26-28-21)18-9-10-20(27-25-18)24-14-22(11-4-12-22)16-5-2-1-3-6-16/h1-3,5-10,13H,4,11-12,14H2,(H,24,27)(H3,23,26,28). The maximum absolute atomic E-state index is 5.91. The first-order valence-corrected chi connectivity index (χ1v) is 9.61. The maximum atomic E-state index is 5.91. The van der Waals surface area contributed by atoms with Gasteiger partial charge in [-0.1, -0.05) is 42.8 Å². The fourth-order valence-corrected chi connectivity index (χ4v) is 4.00. The van der Waals surface area contributed by atoms with Crippen LogP contribution in [0.4, 0.5) is 11.6 Å². The highest BCUT2D eigenvalue weighted by Crippen LogP contribution is 2.43. The molecule has 4 aromatic rings. The van der Waals surface area contributed by atoms with E-state index in [-0.39, 0.29) is 5.41 Å². The van der Waals surface area contributed by atoms with Crippen LogP contribution in [0.5, 0.6) is 0 Å². The van der Waals surface area contributed by atoms with Gasteiger partial charge in [0, 0.05) is 22.9 Å². The van der Waals surface area contributed by atoms with Crippen molar-refractivity contribution in [3.05, 3.63) is 66.2 Å². The Hall–Kier alpha value is -3.41. The molecule has 4 N–H and O–H groups in total. The minimum atomic E-state index is 0.214. The van der Waals surface area contributed by atoms with Crippen molar-refractivity contribution in [2.45, 2.75) is 24.7 Å². The van der Waals surface area contributed by atoms with Crippen molar-refractivity contribution in [2.24, 2.45) is 0 Å². The molecule has 2 heterocycles. The van der Waals surface area contributed by atoms with Gasteiger partial charge in [-0.15, -0.1) is 10.2 Å². The van der Waals surface area contributed by atoms with Crippen molar-refractivity contribution in [3.63, 3.8) is 0 Å². The first-order valence-electron chi connectivity index (χ1n) is 9.61. The number of nitrogen functional groups attached to an aromatic ring is 1. The van der Waals surface area contributed by atoms with Crippen LogP contribution in [0.15, 0.2) is 60.7 Å². The second kappa shape index (κ2) is 6.64. The Labute approximate surface area is 163 Å². The Morgan fingerprint density at radius 2 is 1.86 bits per heavy atom. The molecule has 0 radical (unpaired) electrons. The number of benzene rings is 2. The molecule has 0 spiro atoms. The van der Waals surface area contributed by atoms with Crippen molar-refractivity contribution < 1.29 is 0 Å². The minimum absolute atomic E-state index is 0.214. The molecule has 0 atom stereocenters. The minimum Gasteiger partial charge on any atom is -0.382 e. The van der Waals surface area contributed by atoms with Crippen molar-refractivity contribution in [3.8, 4) is 11.3 Å². The van der Waals surface area contributed by atoms with Crippen LogP contribution >= 0.6 is 0 Å². The number of nitrogens with zero attached hydrogens (tertiary/aromatic N) is 3. The van der Waals surface area contributed by atoms with Crippen LogP contribution in [0.3, 0.4) is 0 Å². The van der Waals surface area contributed by atoms with Gasteiger partial charge >= 0.3 is 0 Å². The van der Waals surface area contributed by atoms with Crippen molar-refractivity contribution >= 4 is 22.5 Å². The van der Waals surface area contributed by atoms with Gasteiger partial charge in [0.05, 0.1) is 11.2 Å². The van der Waals surface area contributed by atoms with Gasteiger partial charge in [0.2, 0.25) is 0 Å². The number of aromatic amines is 1. The lowest BCUT2D eigenvalue weighted by atomic mass is 9.64. The molecule has 1 aliphatic rings. The van der Waals surface area contributed by atoms with E-state index in [2.05, 4.69) is 56.0 Å². The predicted octanol–water partition coefficient (Wildman–Crippen LogP) is 4.14. The molecule has 6 nitrogen and oxygen atoms in total. The molecule has 0 unspecified atom stereocenters. The van der Waals surface area contributed by atoms with Crippen LogP contribution in [0.1, 0.15) is 24.8 Å². The van der Waals surface area contributed by atoms with Gasteiger partial charge in [0.1, 0.15) is 5.82 Å². The number of rotatable bonds is 5. The van der Waals surface area contributed by atoms with Gasteiger partial charge in [-0.05, 0) is 42.7 Å². The lowest BCUT2D eigenvalue weighted by Crippen LogP contribution is -2.41. The SMILES string of the molecule is Nc1n[nH]c2ccc(-c3ccc(NCC4(c5ccccc5)CCC4)nn3)cc12. The summed E-state index contributed by atoms with van der Waals surface area (Å²) in [6.07, 6.45) is 3.70. The highest BCUT2D eigenvalue weighted by atomic mass is 15.2. The number of nitrogens with one attached hydrogen (secondary N) is 2. The molecule has 28 heavy (non-hydrogen) atoms. The third kappa shape index (κ3) is 2.87. The van der Waals surface area contributed by atoms with E-state index >= 15 is 0 Å². The van der Waals surface area contributed by atoms with Crippen molar-refractivity contribution in [2.75, 3.05) is 17.6 Å². The van der Waals surface area contributed by atoms with Crippen LogP contribution < -0.4 is 11.1 Å². The van der Waals surface area contributed by atoms with E-state index in [9.17, 15) is 0 Å². The normalized spacial score (nSPS) is 15.3. The number of aromatic nitrogens is 4. The first-order chi connectivity index (χ1) is 13.7. The zero-order valence-corrected chi connectivity index (χ0v) is 15.5. The third-order valence-electron chi connectivity index (χ3n) is 5.86. The van der Waals surface area contributed by atoms with Gasteiger partial charge < -0.3 is 11.1 Å². The molecular formula is C22H22N6. The van der Waals surface area contributed by atoms with Crippen LogP contribution in [0.2, 0.25) is 0 Å². The number of H-pyrrole nitrogens is 1. The molecule has 2 aromatic carbocycles. The average molecular weight is 370 g/mol. The van der Waals surface area contributed by atoms with Crippen LogP contribution in [0.25, 0.3) is 22.2 Å². The maximum Gasteiger partial charge on any atom is 0.153 e. The summed E-state index contributed by atoms with van der Waals surface area (Å²) in [7, 11) is 0. The van der Waals surface area contributed by atoms with Crippen LogP contribution in [-0.4, -0.2) is 26.9 Å². The monoisotopic (exact) mass is 370 g/mol. The molecule has 140 valence electrons. The van der Waals surface area contributed by atoms with Gasteiger partial charge in [0.15, 0.2) is 5.82 Å². The molecular weight excluding hydrogens is 348 g/mol. The lowest BCUT2D eigenvalue weighted by Gasteiger charge is -2.42. The van der Waals surface area contributed by atoms with Gasteiger partial charge in [0.25, 0.3) is 0 Å². The van der Waals surface area contributed by atoms with Gasteiger partial charge in [-0.3, -0.25) is 5.10 Å². The number of hydrogen-bond acceptors (Lipinski definition) is 5. The van der Waals surface area contributed by atoms with Crippen molar-refractivity contribution in [1.82, 2.24) is 20.4 Å². The Morgan fingerprint density at radius 3 is 2.57 bits per heavy atom. The molecule has 5 rings (SSSR count). The lowest BCUT2D eigenvalue weighted by molar-refractivity contribution is 0.260. The summed E-state index contributed by atoms with van der Waals surface area (Å²) in [5.74, 6) is 1.30. The quantitative estimate of drug-likeness (QED) is 0.491. The van der Waals surface area contributed by atoms with E-state index in [0.29, 0.717) is 5.82 Å². The van der Waals surface area contributed by atoms with E-state index in [0.717, 1.165) is 34.5 Å². The number of hydrogen-bond donors (Lipinski definition) is 3. The summed E-state index contributed by atoms with van der Waals surface area (Å²) in [5.41, 5.74) is 10.2. The van der Waals surface area contributed by atoms with Crippen LogP contribution in [-0.2, 0) is 5.41 Å². The smallest absolute Gasteiger partial charge is 0.153 e. The van der Waals surface area contributed by atoms with Gasteiger partial charge in [-0.25, -0.2) is 0 Å². The molecule has 6 heteroatoms. The summed E-state index contributed by atoms with van der Waals surface area (Å²) in [5, 5.41) is 20.1. The number of nitrogens with two attached hydrogens (primary N) is 1. The van der Waals surface area contributed by atoms with Crippen molar-refractivity contribution in [1.29, 1.82) is 0 Å². The summed E-state index contributed by atoms with van der Waals surface area (Å²) in [6, 6.07) is 20.7. The molecule has 1 aliphatic carbocycles. The molecule has 1 saturated carbocycles. The summed E-state index contributed by atoms with van der Waals surface area (Å²) in [6.45, 7) is 0.878. The highest BCUT2D eigenvalue weighted by Gasteiger charge is 2.38. The summed E-state index contributed by atoms with van der Waals surface area (Å²) >= 11 is 0. The van der Waals surface area contributed by atoms with E-state index in [4.69, 9.17) is 5.73 Å². The molecule has 0 amide bonds. The second-order valence-electron chi connectivity index (χ2n) is 7.53. The molecule has 0 bridgehead atoms. The highest BCUT2D eigenvalue weighted by molar-refractivity contribution is 5.91. The zero-order chi connectivity index (χ0) is 19.0. The van der Waals surface area contributed by atoms with Gasteiger partial charge in [-0.2, -0.15) is 5.10 Å². The van der Waals surface area contributed by atoms with E-state index in [1.165, 1.54) is 24.8 Å². The number of anilines is 2. The largest absolute Gasteiger partial charge is 0.382 e. The zero-order valence-electron chi connectivity index (χ0n) is 15.5. The fraction of sp³-hybridized carbons (Fsp3) is 0.227. The van der Waals surface area contributed by atoms with E-state index in [1.807, 2.05) is 30.3 Å². The Morgan fingerprint density at radius 1 is 1.00 bits per heavy atom. The molecule has 0 saturated heterocycles. The summed E-state index contributed by atoms with van der Waals surface area (Å²) < 4.78 is 0. The Kier molecular flexibility index (Phi) is 3.97. The first kappa shape index (κ1) is 16.7. The molecule has 1 fully saturated rings. The predicted molar refractivity (Wildman–Crippen MR) is 112 cm³/mol. The van der Waals surface area contributed by atoms with E-state index in [1.54, 1.807) is 0 Å². The fourth-order valence-electron chi connectivity index (χ4n) is 4.00. The van der Waals surface area contributed by atoms with E-state index < -0.39 is 0 Å². The second-order valence-corrected chi connectivity index (χ2v) is 7.53. The number of fused-ring (bicyclic) bond motifs is 1. The molecule has 0 aliphatic heterocycles. The Bertz CT molecular complexity index is 1100. The Balaban J connectivity index is 1.33. The van der Waals surface area contributed by atoms with Crippen LogP contribution in [0, 0.1) is 0 Å². The molecule has 2 aromatic heterocycles. The summed E-state index contributed by atoms with van der Waals surface area (Å²) in [4.78, 5) is 0. The average Bonchev–Trinajstić information content (AvgIpc) is 3.09. The topological polar surface area (TPSA) is 92.5 Å².